The second-order valence-electron chi connectivity index (χ2n) is 5.04. The molecule has 0 saturated carbocycles. The summed E-state index contributed by atoms with van der Waals surface area (Å²) in [5.74, 6) is 0. The van der Waals surface area contributed by atoms with Gasteiger partial charge in [-0.25, -0.2) is 8.42 Å². The molecule has 26 heavy (non-hydrogen) atoms. The monoisotopic (exact) mass is 406 g/mol. The topological polar surface area (TPSA) is 66.4 Å². The van der Waals surface area contributed by atoms with Gasteiger partial charge < -0.3 is 4.55 Å². The van der Waals surface area contributed by atoms with Gasteiger partial charge in [0.25, 0.3) is 4.21 Å². The standard InChI is InChI=1S/C18H15S2.CH4O4S/c1-19-18-13-16(14-8-4-2-5-9-14)12-17(20-18)15-10-6-3-7-11-15;1-5-6(2,3)4/h2-13H,1H3;1H3,(H,2,3,4)/q+1;/p-1. The minimum atomic E-state index is -4.41. The van der Waals surface area contributed by atoms with Crippen molar-refractivity contribution >= 4 is 33.5 Å². The van der Waals surface area contributed by atoms with Crippen molar-refractivity contribution in [2.45, 2.75) is 4.21 Å². The lowest BCUT2D eigenvalue weighted by Gasteiger charge is -2.01. The third-order valence-electron chi connectivity index (χ3n) is 3.34. The Labute approximate surface area is 162 Å². The van der Waals surface area contributed by atoms with E-state index in [0.29, 0.717) is 0 Å². The summed E-state index contributed by atoms with van der Waals surface area (Å²) in [7, 11) is -3.60. The van der Waals surface area contributed by atoms with E-state index in [1.807, 2.05) is 11.3 Å². The molecular weight excluding hydrogens is 388 g/mol. The summed E-state index contributed by atoms with van der Waals surface area (Å²) in [6.07, 6.45) is 2.13. The van der Waals surface area contributed by atoms with E-state index in [1.54, 1.807) is 11.8 Å². The summed E-state index contributed by atoms with van der Waals surface area (Å²) in [4.78, 5) is 1.32. The van der Waals surface area contributed by atoms with Gasteiger partial charge in [-0.05, 0) is 29.5 Å². The number of hydrogen-bond donors (Lipinski definition) is 0. The number of rotatable bonds is 4. The zero-order chi connectivity index (χ0) is 19.0. The molecule has 0 unspecified atom stereocenters. The van der Waals surface area contributed by atoms with Crippen LogP contribution in [0.5, 0.6) is 0 Å². The molecule has 0 spiro atoms. The Bertz CT molecular complexity index is 870. The second-order valence-corrected chi connectivity index (χ2v) is 8.38. The number of hydrogen-bond acceptors (Lipinski definition) is 5. The van der Waals surface area contributed by atoms with E-state index in [4.69, 9.17) is 0 Å². The quantitative estimate of drug-likeness (QED) is 0.258. The van der Waals surface area contributed by atoms with Crippen LogP contribution in [0.1, 0.15) is 0 Å². The minimum absolute atomic E-state index is 0.808. The van der Waals surface area contributed by atoms with Gasteiger partial charge in [0.2, 0.25) is 26.6 Å². The zero-order valence-corrected chi connectivity index (χ0v) is 16.7. The second kappa shape index (κ2) is 9.80. The molecular formula is C19H18O4S3. The van der Waals surface area contributed by atoms with Crippen molar-refractivity contribution in [3.8, 4) is 21.6 Å². The van der Waals surface area contributed by atoms with Gasteiger partial charge in [-0.1, -0.05) is 60.3 Å². The Balaban J connectivity index is 0.000000352. The highest BCUT2D eigenvalue weighted by atomic mass is 32.3. The predicted octanol–water partition coefficient (Wildman–Crippen LogP) is 5.18. The van der Waals surface area contributed by atoms with E-state index in [9.17, 15) is 13.0 Å². The predicted molar refractivity (Wildman–Crippen MR) is 108 cm³/mol. The highest BCUT2D eigenvalue weighted by molar-refractivity contribution is 8.00. The molecule has 0 aliphatic rings. The Morgan fingerprint density at radius 2 is 1.38 bits per heavy atom. The van der Waals surface area contributed by atoms with Crippen LogP contribution < -0.4 is 0 Å². The normalized spacial score (nSPS) is 10.7. The SMILES string of the molecule is COS(=O)(=O)[O-].CSc1cc(-c2ccccc2)cc(-c2ccccc2)[s+]1. The van der Waals surface area contributed by atoms with E-state index in [1.165, 1.54) is 25.8 Å². The van der Waals surface area contributed by atoms with Crippen molar-refractivity contribution in [3.63, 3.8) is 0 Å². The summed E-state index contributed by atoms with van der Waals surface area (Å²) in [6, 6.07) is 25.7. The van der Waals surface area contributed by atoms with E-state index in [0.717, 1.165) is 7.11 Å². The Morgan fingerprint density at radius 3 is 1.85 bits per heavy atom. The third-order valence-corrected chi connectivity index (χ3v) is 5.91. The maximum absolute atomic E-state index is 9.22. The van der Waals surface area contributed by atoms with Crippen molar-refractivity contribution in [1.29, 1.82) is 0 Å². The first-order chi connectivity index (χ1) is 12.4. The molecule has 0 atom stereocenters. The lowest BCUT2D eigenvalue weighted by atomic mass is 10.1. The van der Waals surface area contributed by atoms with Crippen LogP contribution in [0.4, 0.5) is 0 Å². The first kappa shape index (κ1) is 20.5. The molecule has 0 fully saturated rings. The maximum atomic E-state index is 9.22. The van der Waals surface area contributed by atoms with Crippen LogP contribution in [0.3, 0.4) is 0 Å². The molecule has 0 N–H and O–H groups in total. The molecule has 4 nitrogen and oxygen atoms in total. The summed E-state index contributed by atoms with van der Waals surface area (Å²) < 4.78 is 32.4. The van der Waals surface area contributed by atoms with Crippen molar-refractivity contribution in [2.75, 3.05) is 13.4 Å². The Hall–Kier alpha value is -1.77. The number of benzene rings is 2. The fourth-order valence-electron chi connectivity index (χ4n) is 2.12. The first-order valence-corrected chi connectivity index (χ1v) is 10.9. The van der Waals surface area contributed by atoms with E-state index in [2.05, 4.69) is 83.2 Å². The summed E-state index contributed by atoms with van der Waals surface area (Å²) in [5, 5.41) is 0. The Kier molecular flexibility index (Phi) is 7.74. The van der Waals surface area contributed by atoms with Gasteiger partial charge in [-0.15, -0.1) is 0 Å². The lowest BCUT2D eigenvalue weighted by Crippen LogP contribution is -1.97. The van der Waals surface area contributed by atoms with Gasteiger partial charge in [0, 0.05) is 17.7 Å². The van der Waals surface area contributed by atoms with E-state index in [-0.39, 0.29) is 0 Å². The van der Waals surface area contributed by atoms with Crippen molar-refractivity contribution in [3.05, 3.63) is 72.8 Å². The van der Waals surface area contributed by atoms with E-state index < -0.39 is 10.4 Å². The average molecular weight is 407 g/mol. The van der Waals surface area contributed by atoms with Crippen LogP contribution in [0.25, 0.3) is 21.6 Å². The smallest absolute Gasteiger partial charge is 0.265 e. The van der Waals surface area contributed by atoms with Gasteiger partial charge in [-0.2, -0.15) is 0 Å². The maximum Gasteiger partial charge on any atom is 0.265 e. The minimum Gasteiger partial charge on any atom is -0.726 e. The van der Waals surface area contributed by atoms with Crippen LogP contribution in [0, 0.1) is 0 Å². The third kappa shape index (κ3) is 6.51. The van der Waals surface area contributed by atoms with Gasteiger partial charge in [0.05, 0.1) is 7.11 Å². The van der Waals surface area contributed by atoms with Gasteiger partial charge in [-0.3, -0.25) is 4.18 Å². The van der Waals surface area contributed by atoms with Crippen LogP contribution >= 0.6 is 23.1 Å². The summed E-state index contributed by atoms with van der Waals surface area (Å²) in [6.45, 7) is 0. The number of thioether (sulfide) groups is 1. The molecule has 1 aromatic heterocycles. The highest BCUT2D eigenvalue weighted by Gasteiger charge is 2.16. The van der Waals surface area contributed by atoms with Crippen molar-refractivity contribution in [1.82, 2.24) is 0 Å². The Morgan fingerprint density at radius 1 is 0.885 bits per heavy atom. The van der Waals surface area contributed by atoms with Crippen LogP contribution in [0.15, 0.2) is 77.0 Å². The fourth-order valence-corrected chi connectivity index (χ4v) is 3.81. The first-order valence-electron chi connectivity index (χ1n) is 7.57. The van der Waals surface area contributed by atoms with Crippen molar-refractivity contribution < 1.29 is 17.2 Å². The zero-order valence-electron chi connectivity index (χ0n) is 14.3. The van der Waals surface area contributed by atoms with Gasteiger partial charge >= 0.3 is 0 Å². The largest absolute Gasteiger partial charge is 0.726 e. The molecule has 7 heteroatoms. The van der Waals surface area contributed by atoms with Crippen LogP contribution in [-0.2, 0) is 14.6 Å². The molecule has 136 valence electrons. The van der Waals surface area contributed by atoms with Gasteiger partial charge in [0.15, 0.2) is 0 Å². The molecule has 1 heterocycles. The average Bonchev–Trinajstić information content (AvgIpc) is 2.69. The van der Waals surface area contributed by atoms with Crippen LogP contribution in [-0.4, -0.2) is 26.3 Å². The highest BCUT2D eigenvalue weighted by Crippen LogP contribution is 2.35. The molecule has 0 radical (unpaired) electrons. The van der Waals surface area contributed by atoms with Crippen molar-refractivity contribution in [2.24, 2.45) is 0 Å². The van der Waals surface area contributed by atoms with Crippen LogP contribution in [0.2, 0.25) is 0 Å². The summed E-state index contributed by atoms with van der Waals surface area (Å²) in [5.41, 5.74) is 3.84. The van der Waals surface area contributed by atoms with Gasteiger partial charge in [0.1, 0.15) is 0 Å². The molecule has 2 aromatic carbocycles. The molecule has 0 amide bonds. The molecule has 0 aliphatic heterocycles. The molecule has 3 aromatic rings. The van der Waals surface area contributed by atoms with E-state index >= 15 is 0 Å². The lowest BCUT2D eigenvalue weighted by molar-refractivity contribution is 0.314. The molecule has 3 rings (SSSR count). The summed E-state index contributed by atoms with van der Waals surface area (Å²) >= 11 is 3.65. The molecule has 0 saturated heterocycles. The fraction of sp³-hybridized carbons (Fsp3) is 0.105. The molecule has 0 bridgehead atoms. The molecule has 0 aliphatic carbocycles.